The van der Waals surface area contributed by atoms with Crippen LogP contribution in [0.2, 0.25) is 0 Å². The molecule has 0 aliphatic carbocycles. The number of aliphatic carboxylic acids is 1. The molecule has 0 spiro atoms. The molecule has 0 saturated heterocycles. The van der Waals surface area contributed by atoms with Crippen molar-refractivity contribution in [3.63, 3.8) is 0 Å². The Morgan fingerprint density at radius 1 is 1.22 bits per heavy atom. The molecule has 0 aliphatic heterocycles. The predicted molar refractivity (Wildman–Crippen MR) is 83.7 cm³/mol. The van der Waals surface area contributed by atoms with Gasteiger partial charge in [-0.1, -0.05) is 36.4 Å². The molecule has 23 heavy (non-hydrogen) atoms. The van der Waals surface area contributed by atoms with Crippen LogP contribution in [0, 0.1) is 6.92 Å². The highest BCUT2D eigenvalue weighted by Crippen LogP contribution is 2.15. The molecule has 0 bridgehead atoms. The molecule has 0 aliphatic rings. The number of rotatable bonds is 6. The summed E-state index contributed by atoms with van der Waals surface area (Å²) < 4.78 is 5.11. The van der Waals surface area contributed by atoms with Crippen molar-refractivity contribution in [1.29, 1.82) is 0 Å². The molecule has 2 N–H and O–H groups in total. The minimum absolute atomic E-state index is 0.119. The molecule has 6 nitrogen and oxygen atoms in total. The molecule has 1 heterocycles. The van der Waals surface area contributed by atoms with Crippen molar-refractivity contribution in [2.45, 2.75) is 26.0 Å². The van der Waals surface area contributed by atoms with E-state index in [2.05, 4.69) is 10.3 Å². The van der Waals surface area contributed by atoms with Crippen LogP contribution in [-0.4, -0.2) is 22.2 Å². The zero-order valence-corrected chi connectivity index (χ0v) is 12.7. The average molecular weight is 314 g/mol. The molecule has 1 amide bonds. The number of carboxylic acid groups (broad SMARTS) is 1. The van der Waals surface area contributed by atoms with Gasteiger partial charge in [0.15, 0.2) is 0 Å². The summed E-state index contributed by atoms with van der Waals surface area (Å²) in [6.07, 6.45) is 0.681. The highest BCUT2D eigenvalue weighted by Gasteiger charge is 2.20. The minimum atomic E-state index is -1.03. The lowest BCUT2D eigenvalue weighted by Gasteiger charge is -2.16. The number of pyridine rings is 1. The number of hydrogen-bond donors (Lipinski definition) is 2. The maximum Gasteiger partial charge on any atom is 0.408 e. The molecule has 2 rings (SSSR count). The van der Waals surface area contributed by atoms with Gasteiger partial charge in [-0.05, 0) is 24.1 Å². The van der Waals surface area contributed by atoms with Crippen LogP contribution in [0.1, 0.15) is 29.3 Å². The number of carboxylic acids is 1. The minimum Gasteiger partial charge on any atom is -0.481 e. The molecule has 0 saturated carbocycles. The van der Waals surface area contributed by atoms with E-state index in [0.29, 0.717) is 5.69 Å². The van der Waals surface area contributed by atoms with E-state index in [4.69, 9.17) is 9.84 Å². The van der Waals surface area contributed by atoms with Crippen LogP contribution in [0.25, 0.3) is 0 Å². The fourth-order valence-electron chi connectivity index (χ4n) is 2.00. The van der Waals surface area contributed by atoms with E-state index in [9.17, 15) is 9.59 Å². The topological polar surface area (TPSA) is 88.5 Å². The first-order valence-corrected chi connectivity index (χ1v) is 7.16. The molecular weight excluding hydrogens is 296 g/mol. The molecule has 0 unspecified atom stereocenters. The average Bonchev–Trinajstić information content (AvgIpc) is 2.53. The highest BCUT2D eigenvalue weighted by molar-refractivity contribution is 5.71. The van der Waals surface area contributed by atoms with Gasteiger partial charge in [0.2, 0.25) is 0 Å². The van der Waals surface area contributed by atoms with Crippen LogP contribution in [0.5, 0.6) is 0 Å². The molecule has 0 radical (unpaired) electrons. The van der Waals surface area contributed by atoms with Crippen molar-refractivity contribution in [2.24, 2.45) is 0 Å². The van der Waals surface area contributed by atoms with Gasteiger partial charge < -0.3 is 15.2 Å². The second-order valence-corrected chi connectivity index (χ2v) is 5.12. The summed E-state index contributed by atoms with van der Waals surface area (Å²) >= 11 is 0. The van der Waals surface area contributed by atoms with E-state index in [0.717, 1.165) is 11.1 Å². The number of benzene rings is 1. The van der Waals surface area contributed by atoms with E-state index in [-0.39, 0.29) is 13.0 Å². The number of amides is 1. The molecular formula is C17H18N2O4. The fourth-order valence-corrected chi connectivity index (χ4v) is 2.00. The summed E-state index contributed by atoms with van der Waals surface area (Å²) in [5.74, 6) is -1.03. The Bertz CT molecular complexity index is 656. The van der Waals surface area contributed by atoms with E-state index in [1.165, 1.54) is 0 Å². The van der Waals surface area contributed by atoms with E-state index < -0.39 is 18.1 Å². The first-order valence-electron chi connectivity index (χ1n) is 7.16. The van der Waals surface area contributed by atoms with E-state index in [1.54, 1.807) is 12.3 Å². The number of aromatic nitrogens is 1. The Morgan fingerprint density at radius 2 is 1.96 bits per heavy atom. The zero-order chi connectivity index (χ0) is 16.7. The Balaban J connectivity index is 1.98. The van der Waals surface area contributed by atoms with E-state index in [1.807, 2.05) is 43.3 Å². The van der Waals surface area contributed by atoms with Crippen molar-refractivity contribution in [1.82, 2.24) is 10.3 Å². The van der Waals surface area contributed by atoms with Gasteiger partial charge in [0.25, 0.3) is 0 Å². The number of aryl methyl sites for hydroxylation is 1. The van der Waals surface area contributed by atoms with Gasteiger partial charge >= 0.3 is 12.1 Å². The van der Waals surface area contributed by atoms with Gasteiger partial charge in [0, 0.05) is 6.20 Å². The summed E-state index contributed by atoms with van der Waals surface area (Å²) in [5, 5.41) is 11.6. The third-order valence-electron chi connectivity index (χ3n) is 3.17. The molecule has 2 aromatic rings. The molecule has 0 fully saturated rings. The van der Waals surface area contributed by atoms with Crippen LogP contribution < -0.4 is 5.32 Å². The monoisotopic (exact) mass is 314 g/mol. The summed E-state index contributed by atoms with van der Waals surface area (Å²) in [6.45, 7) is 2.00. The van der Waals surface area contributed by atoms with Gasteiger partial charge in [-0.15, -0.1) is 0 Å². The lowest BCUT2D eigenvalue weighted by atomic mass is 10.1. The Hall–Kier alpha value is -2.89. The van der Waals surface area contributed by atoms with Crippen molar-refractivity contribution in [3.05, 3.63) is 65.5 Å². The van der Waals surface area contributed by atoms with Crippen LogP contribution in [-0.2, 0) is 16.1 Å². The maximum absolute atomic E-state index is 11.9. The predicted octanol–water partition coefficient (Wildman–Crippen LogP) is 2.83. The molecule has 1 atom stereocenters. The van der Waals surface area contributed by atoms with Crippen molar-refractivity contribution in [3.8, 4) is 0 Å². The second kappa shape index (κ2) is 7.93. The number of hydrogen-bond acceptors (Lipinski definition) is 4. The Labute approximate surface area is 134 Å². The van der Waals surface area contributed by atoms with E-state index >= 15 is 0 Å². The lowest BCUT2D eigenvalue weighted by molar-refractivity contribution is -0.137. The second-order valence-electron chi connectivity index (χ2n) is 5.12. The summed E-state index contributed by atoms with van der Waals surface area (Å²) in [7, 11) is 0. The smallest absolute Gasteiger partial charge is 0.408 e. The normalized spacial score (nSPS) is 11.5. The third-order valence-corrected chi connectivity index (χ3v) is 3.17. The van der Waals surface area contributed by atoms with Gasteiger partial charge in [-0.25, -0.2) is 4.79 Å². The maximum atomic E-state index is 11.9. The quantitative estimate of drug-likeness (QED) is 0.856. The third kappa shape index (κ3) is 5.43. The number of carbonyl (C=O) groups is 2. The van der Waals surface area contributed by atoms with Gasteiger partial charge in [0.05, 0.1) is 18.2 Å². The summed E-state index contributed by atoms with van der Waals surface area (Å²) in [6, 6.07) is 12.0. The Kier molecular flexibility index (Phi) is 5.68. The highest BCUT2D eigenvalue weighted by atomic mass is 16.5. The van der Waals surface area contributed by atoms with Gasteiger partial charge in [-0.2, -0.15) is 0 Å². The summed E-state index contributed by atoms with van der Waals surface area (Å²) in [5.41, 5.74) is 2.29. The number of alkyl carbamates (subject to hydrolysis) is 1. The molecule has 6 heteroatoms. The number of nitrogens with one attached hydrogen (secondary N) is 1. The Morgan fingerprint density at radius 3 is 2.57 bits per heavy atom. The fraction of sp³-hybridized carbons (Fsp3) is 0.235. The first kappa shape index (κ1) is 16.5. The van der Waals surface area contributed by atoms with Crippen LogP contribution in [0.15, 0.2) is 48.7 Å². The van der Waals surface area contributed by atoms with Crippen molar-refractivity contribution < 1.29 is 19.4 Å². The SMILES string of the molecule is Cc1ccc([C@@H](CC(=O)O)NC(=O)OCc2ccccc2)nc1. The van der Waals surface area contributed by atoms with Crippen molar-refractivity contribution in [2.75, 3.05) is 0 Å². The summed E-state index contributed by atoms with van der Waals surface area (Å²) in [4.78, 5) is 27.1. The molecule has 1 aromatic carbocycles. The zero-order valence-electron chi connectivity index (χ0n) is 12.7. The molecule has 120 valence electrons. The largest absolute Gasteiger partial charge is 0.481 e. The van der Waals surface area contributed by atoms with Crippen molar-refractivity contribution >= 4 is 12.1 Å². The number of carbonyl (C=O) groups excluding carboxylic acids is 1. The van der Waals surface area contributed by atoms with Crippen LogP contribution in [0.4, 0.5) is 4.79 Å². The van der Waals surface area contributed by atoms with Crippen LogP contribution in [0.3, 0.4) is 0 Å². The standard InChI is InChI=1S/C17H18N2O4/c1-12-7-8-14(18-10-12)15(9-16(20)21)19-17(22)23-11-13-5-3-2-4-6-13/h2-8,10,15H,9,11H2,1H3,(H,19,22)(H,20,21)/t15-/m1/s1. The lowest BCUT2D eigenvalue weighted by Crippen LogP contribution is -2.31. The molecule has 1 aromatic heterocycles. The van der Waals surface area contributed by atoms with Crippen LogP contribution >= 0.6 is 0 Å². The number of ether oxygens (including phenoxy) is 1. The first-order chi connectivity index (χ1) is 11.0. The van der Waals surface area contributed by atoms with Gasteiger partial charge in [0.1, 0.15) is 6.61 Å². The number of nitrogens with zero attached hydrogens (tertiary/aromatic N) is 1. The van der Waals surface area contributed by atoms with Gasteiger partial charge in [-0.3, -0.25) is 9.78 Å².